The Hall–Kier alpha value is -2.69. The van der Waals surface area contributed by atoms with Crippen molar-refractivity contribution in [3.8, 4) is 0 Å². The van der Waals surface area contributed by atoms with Crippen LogP contribution in [0.4, 0.5) is 19.0 Å². The van der Waals surface area contributed by atoms with Crippen LogP contribution in [0.2, 0.25) is 0 Å². The molecule has 1 N–H and O–H groups in total. The molecule has 2 aromatic heterocycles. The summed E-state index contributed by atoms with van der Waals surface area (Å²) in [6.45, 7) is 6.55. The van der Waals surface area contributed by atoms with E-state index in [9.17, 15) is 18.0 Å². The molecule has 11 heteroatoms. The van der Waals surface area contributed by atoms with Gasteiger partial charge in [-0.15, -0.1) is 21.9 Å². The molecule has 8 nitrogen and oxygen atoms in total. The van der Waals surface area contributed by atoms with Crippen LogP contribution in [0.1, 0.15) is 5.82 Å². The van der Waals surface area contributed by atoms with Gasteiger partial charge >= 0.3 is 6.18 Å². The monoisotopic (exact) mass is 369 g/mol. The van der Waals surface area contributed by atoms with Crippen molar-refractivity contribution in [2.24, 2.45) is 0 Å². The molecule has 0 spiro atoms. The first-order valence-corrected chi connectivity index (χ1v) is 8.03. The zero-order chi connectivity index (χ0) is 18.7. The van der Waals surface area contributed by atoms with Gasteiger partial charge in [0.25, 0.3) is 5.82 Å². The van der Waals surface area contributed by atoms with Crippen LogP contribution in [-0.4, -0.2) is 69.9 Å². The first-order valence-electron chi connectivity index (χ1n) is 8.03. The van der Waals surface area contributed by atoms with E-state index in [1.807, 2.05) is 9.80 Å². The van der Waals surface area contributed by atoms with Crippen molar-refractivity contribution in [2.45, 2.75) is 6.18 Å². The smallest absolute Gasteiger partial charge is 0.353 e. The lowest BCUT2D eigenvalue weighted by Crippen LogP contribution is -2.49. The largest absolute Gasteiger partial charge is 0.453 e. The maximum absolute atomic E-state index is 13.0. The third-order valence-corrected chi connectivity index (χ3v) is 4.01. The number of amides is 1. The zero-order valence-corrected chi connectivity index (χ0v) is 13.9. The number of piperazine rings is 1. The molecule has 140 valence electrons. The fraction of sp³-hybridized carbons (Fsp3) is 0.467. The lowest BCUT2D eigenvalue weighted by molar-refractivity contribution is -0.146. The molecule has 0 radical (unpaired) electrons. The van der Waals surface area contributed by atoms with Gasteiger partial charge in [-0.3, -0.25) is 9.69 Å². The molecule has 0 unspecified atom stereocenters. The number of alkyl halides is 3. The number of carbonyl (C=O) groups is 1. The molecule has 1 aliphatic heterocycles. The molecule has 3 heterocycles. The van der Waals surface area contributed by atoms with Crippen LogP contribution in [0.15, 0.2) is 24.8 Å². The maximum Gasteiger partial charge on any atom is 0.453 e. The molecular weight excluding hydrogens is 351 g/mol. The van der Waals surface area contributed by atoms with E-state index in [1.165, 1.54) is 6.07 Å². The van der Waals surface area contributed by atoms with E-state index in [1.54, 1.807) is 12.1 Å². The van der Waals surface area contributed by atoms with Crippen molar-refractivity contribution < 1.29 is 18.0 Å². The Morgan fingerprint density at radius 2 is 1.96 bits per heavy atom. The predicted molar refractivity (Wildman–Crippen MR) is 87.6 cm³/mol. The van der Waals surface area contributed by atoms with E-state index in [0.717, 1.165) is 0 Å². The normalized spacial score (nSPS) is 16.0. The van der Waals surface area contributed by atoms with E-state index in [-0.39, 0.29) is 18.1 Å². The average Bonchev–Trinajstić information content (AvgIpc) is 3.04. The van der Waals surface area contributed by atoms with Crippen LogP contribution >= 0.6 is 0 Å². The van der Waals surface area contributed by atoms with Crippen molar-refractivity contribution in [1.82, 2.24) is 30.0 Å². The fourth-order valence-electron chi connectivity index (χ4n) is 2.70. The Balaban J connectivity index is 1.66. The van der Waals surface area contributed by atoms with Crippen molar-refractivity contribution in [3.63, 3.8) is 0 Å². The summed E-state index contributed by atoms with van der Waals surface area (Å²) in [7, 11) is 0. The number of hydrogen-bond donors (Lipinski definition) is 1. The SMILES string of the molecule is C=CCNC(=O)CN1CCN(c2ccc3nnc(C(F)(F)F)n3n2)CC1. The second-order valence-electron chi connectivity index (χ2n) is 5.84. The molecule has 2 aromatic rings. The van der Waals surface area contributed by atoms with Gasteiger partial charge in [-0.05, 0) is 12.1 Å². The molecule has 1 fully saturated rings. The van der Waals surface area contributed by atoms with E-state index in [0.29, 0.717) is 43.1 Å². The lowest BCUT2D eigenvalue weighted by atomic mass is 10.3. The molecule has 0 bridgehead atoms. The Labute approximate surface area is 147 Å². The summed E-state index contributed by atoms with van der Waals surface area (Å²) in [5.41, 5.74) is 0.0404. The number of fused-ring (bicyclic) bond motifs is 1. The summed E-state index contributed by atoms with van der Waals surface area (Å²) in [4.78, 5) is 15.6. The minimum absolute atomic E-state index is 0.0404. The summed E-state index contributed by atoms with van der Waals surface area (Å²) in [5.74, 6) is -0.817. The fourth-order valence-corrected chi connectivity index (χ4v) is 2.70. The predicted octanol–water partition coefficient (Wildman–Crippen LogP) is 0.567. The van der Waals surface area contributed by atoms with Gasteiger partial charge < -0.3 is 10.2 Å². The van der Waals surface area contributed by atoms with Crippen LogP contribution in [-0.2, 0) is 11.0 Å². The Morgan fingerprint density at radius 1 is 1.23 bits per heavy atom. The molecule has 1 amide bonds. The van der Waals surface area contributed by atoms with Crippen LogP contribution < -0.4 is 10.2 Å². The number of carbonyl (C=O) groups excluding carboxylic acids is 1. The zero-order valence-electron chi connectivity index (χ0n) is 13.9. The highest BCUT2D eigenvalue weighted by Gasteiger charge is 2.37. The van der Waals surface area contributed by atoms with Crippen LogP contribution in [0.3, 0.4) is 0 Å². The number of halogens is 3. The highest BCUT2D eigenvalue weighted by Crippen LogP contribution is 2.28. The number of nitrogens with one attached hydrogen (secondary N) is 1. The van der Waals surface area contributed by atoms with Gasteiger partial charge in [0.2, 0.25) is 5.91 Å². The summed E-state index contributed by atoms with van der Waals surface area (Å²) < 4.78 is 39.6. The minimum Gasteiger partial charge on any atom is -0.353 e. The van der Waals surface area contributed by atoms with Crippen LogP contribution in [0, 0.1) is 0 Å². The van der Waals surface area contributed by atoms with Gasteiger partial charge in [0.05, 0.1) is 6.54 Å². The quantitative estimate of drug-likeness (QED) is 0.777. The first-order chi connectivity index (χ1) is 12.4. The van der Waals surface area contributed by atoms with Crippen molar-refractivity contribution in [1.29, 1.82) is 0 Å². The maximum atomic E-state index is 13.0. The summed E-state index contributed by atoms with van der Waals surface area (Å²) >= 11 is 0. The standard InChI is InChI=1S/C15H18F3N7O/c1-2-5-19-13(26)10-23-6-8-24(9-7-23)12-4-3-11-20-21-14(15(16,17)18)25(11)22-12/h2-4H,1,5-10H2,(H,19,26). The van der Waals surface area contributed by atoms with Gasteiger partial charge in [0.1, 0.15) is 5.82 Å². The second kappa shape index (κ2) is 7.28. The molecule has 3 rings (SSSR count). The first kappa shape index (κ1) is 18.1. The van der Waals surface area contributed by atoms with E-state index in [2.05, 4.69) is 27.2 Å². The topological polar surface area (TPSA) is 78.7 Å². The van der Waals surface area contributed by atoms with Gasteiger partial charge in [0.15, 0.2) is 5.65 Å². The summed E-state index contributed by atoms with van der Waals surface area (Å²) in [6, 6.07) is 3.08. The molecular formula is C15H18F3N7O. The van der Waals surface area contributed by atoms with E-state index >= 15 is 0 Å². The minimum atomic E-state index is -4.62. The van der Waals surface area contributed by atoms with Gasteiger partial charge in [-0.2, -0.15) is 17.7 Å². The Kier molecular flexibility index (Phi) is 5.07. The molecule has 1 aliphatic rings. The van der Waals surface area contributed by atoms with E-state index < -0.39 is 12.0 Å². The third-order valence-electron chi connectivity index (χ3n) is 4.01. The number of hydrogen-bond acceptors (Lipinski definition) is 6. The number of rotatable bonds is 5. The number of nitrogens with zero attached hydrogens (tertiary/aromatic N) is 6. The van der Waals surface area contributed by atoms with Crippen LogP contribution in [0.25, 0.3) is 5.65 Å². The average molecular weight is 369 g/mol. The molecule has 0 aromatic carbocycles. The summed E-state index contributed by atoms with van der Waals surface area (Å²) in [6.07, 6.45) is -3.01. The lowest BCUT2D eigenvalue weighted by Gasteiger charge is -2.34. The van der Waals surface area contributed by atoms with Gasteiger partial charge in [-0.25, -0.2) is 0 Å². The Morgan fingerprint density at radius 3 is 2.62 bits per heavy atom. The Bertz CT molecular complexity index is 796. The molecule has 0 saturated carbocycles. The third kappa shape index (κ3) is 3.93. The highest BCUT2D eigenvalue weighted by molar-refractivity contribution is 5.78. The summed E-state index contributed by atoms with van der Waals surface area (Å²) in [5, 5.41) is 13.4. The van der Waals surface area contributed by atoms with Gasteiger partial charge in [0, 0.05) is 32.7 Å². The molecule has 26 heavy (non-hydrogen) atoms. The van der Waals surface area contributed by atoms with Gasteiger partial charge in [-0.1, -0.05) is 6.08 Å². The number of anilines is 1. The van der Waals surface area contributed by atoms with Crippen molar-refractivity contribution in [2.75, 3.05) is 44.2 Å². The second-order valence-corrected chi connectivity index (χ2v) is 5.84. The molecule has 0 atom stereocenters. The number of aromatic nitrogens is 4. The van der Waals surface area contributed by atoms with E-state index in [4.69, 9.17) is 0 Å². The van der Waals surface area contributed by atoms with Crippen LogP contribution in [0.5, 0.6) is 0 Å². The molecule has 1 saturated heterocycles. The molecule has 0 aliphatic carbocycles. The van der Waals surface area contributed by atoms with Crippen molar-refractivity contribution >= 4 is 17.4 Å². The van der Waals surface area contributed by atoms with Crippen molar-refractivity contribution in [3.05, 3.63) is 30.6 Å². The highest BCUT2D eigenvalue weighted by atomic mass is 19.4.